The summed E-state index contributed by atoms with van der Waals surface area (Å²) in [7, 11) is 0. The van der Waals surface area contributed by atoms with Gasteiger partial charge in [0.1, 0.15) is 11.6 Å². The summed E-state index contributed by atoms with van der Waals surface area (Å²) in [5.41, 5.74) is 5.96. The van der Waals surface area contributed by atoms with Gasteiger partial charge in [0.2, 0.25) is 0 Å². The van der Waals surface area contributed by atoms with Gasteiger partial charge in [0, 0.05) is 29.5 Å². The van der Waals surface area contributed by atoms with Crippen LogP contribution in [0, 0.1) is 13.8 Å². The number of aryl methyl sites for hydroxylation is 2. The lowest BCUT2D eigenvalue weighted by molar-refractivity contribution is -0.118. The highest BCUT2D eigenvalue weighted by atomic mass is 35.5. The van der Waals surface area contributed by atoms with E-state index in [1.54, 1.807) is 0 Å². The van der Waals surface area contributed by atoms with E-state index in [1.165, 1.54) is 0 Å². The number of aromatic nitrogens is 2. The number of anilines is 2. The van der Waals surface area contributed by atoms with Crippen molar-refractivity contribution in [3.05, 3.63) is 82.6 Å². The van der Waals surface area contributed by atoms with E-state index in [9.17, 15) is 4.79 Å². The van der Waals surface area contributed by atoms with E-state index < -0.39 is 0 Å². The maximum absolute atomic E-state index is 12.4. The number of imidazole rings is 1. The largest absolute Gasteiger partial charge is 0.483 e. The first-order valence-corrected chi connectivity index (χ1v) is 11.3. The molecule has 1 N–H and O–H groups in total. The Balaban J connectivity index is 1.26. The lowest BCUT2D eigenvalue weighted by atomic mass is 10.1. The van der Waals surface area contributed by atoms with Crippen LogP contribution in [-0.4, -0.2) is 28.6 Å². The van der Waals surface area contributed by atoms with E-state index in [1.807, 2.05) is 68.4 Å². The molecule has 0 saturated heterocycles. The summed E-state index contributed by atoms with van der Waals surface area (Å²) in [6, 6.07) is 19.6. The number of halogens is 1. The Bertz CT molecular complexity index is 1350. The van der Waals surface area contributed by atoms with Crippen LogP contribution in [0.5, 0.6) is 5.75 Å². The topological polar surface area (TPSA) is 59.4 Å². The van der Waals surface area contributed by atoms with Gasteiger partial charge in [-0.2, -0.15) is 0 Å². The zero-order valence-corrected chi connectivity index (χ0v) is 19.4. The Labute approximate surface area is 197 Å². The van der Waals surface area contributed by atoms with Crippen molar-refractivity contribution in [3.63, 3.8) is 0 Å². The second kappa shape index (κ2) is 8.79. The first kappa shape index (κ1) is 21.3. The van der Waals surface area contributed by atoms with Crippen molar-refractivity contribution in [2.75, 3.05) is 23.4 Å². The molecule has 0 aliphatic carbocycles. The Hall–Kier alpha value is -3.51. The summed E-state index contributed by atoms with van der Waals surface area (Å²) >= 11 is 6.14. The minimum atomic E-state index is -0.181. The number of amides is 1. The molecule has 1 aromatic heterocycles. The molecule has 7 heteroatoms. The van der Waals surface area contributed by atoms with Gasteiger partial charge in [-0.05, 0) is 67.4 Å². The molecule has 5 rings (SSSR count). The van der Waals surface area contributed by atoms with E-state index in [0.29, 0.717) is 5.02 Å². The van der Waals surface area contributed by atoms with Gasteiger partial charge in [0.25, 0.3) is 5.91 Å². The molecule has 0 unspecified atom stereocenters. The van der Waals surface area contributed by atoms with E-state index in [-0.39, 0.29) is 12.5 Å². The number of hydrogen-bond acceptors (Lipinski definition) is 4. The lowest BCUT2D eigenvalue weighted by Gasteiger charge is -2.30. The third-order valence-corrected chi connectivity index (χ3v) is 6.25. The van der Waals surface area contributed by atoms with Crippen LogP contribution in [0.4, 0.5) is 11.4 Å². The average Bonchev–Trinajstić information content (AvgIpc) is 3.16. The third kappa shape index (κ3) is 4.39. The summed E-state index contributed by atoms with van der Waals surface area (Å²) < 4.78 is 7.92. The average molecular weight is 461 g/mol. The zero-order valence-electron chi connectivity index (χ0n) is 18.6. The molecule has 0 bridgehead atoms. The second-order valence-electron chi connectivity index (χ2n) is 8.34. The summed E-state index contributed by atoms with van der Waals surface area (Å²) in [5.74, 6) is 1.57. The van der Waals surface area contributed by atoms with Crippen LogP contribution >= 0.6 is 11.6 Å². The number of carbonyl (C=O) groups is 1. The highest BCUT2D eigenvalue weighted by Gasteiger charge is 2.21. The summed E-state index contributed by atoms with van der Waals surface area (Å²) in [5, 5.41) is 3.66. The smallest absolute Gasteiger partial charge is 0.262 e. The normalized spacial score (nSPS) is 13.1. The molecule has 4 aromatic rings. The van der Waals surface area contributed by atoms with Crippen molar-refractivity contribution >= 4 is 39.9 Å². The fraction of sp³-hybridized carbons (Fsp3) is 0.231. The maximum atomic E-state index is 12.4. The predicted molar refractivity (Wildman–Crippen MR) is 132 cm³/mol. The van der Waals surface area contributed by atoms with E-state index in [2.05, 4.69) is 20.9 Å². The molecule has 1 amide bonds. The van der Waals surface area contributed by atoms with Crippen molar-refractivity contribution in [2.45, 2.75) is 26.9 Å². The minimum Gasteiger partial charge on any atom is -0.483 e. The maximum Gasteiger partial charge on any atom is 0.262 e. The van der Waals surface area contributed by atoms with Gasteiger partial charge in [-0.3, -0.25) is 4.79 Å². The Morgan fingerprint density at radius 2 is 1.91 bits per heavy atom. The van der Waals surface area contributed by atoms with Crippen molar-refractivity contribution in [3.8, 4) is 5.75 Å². The van der Waals surface area contributed by atoms with Crippen molar-refractivity contribution in [1.29, 1.82) is 0 Å². The van der Waals surface area contributed by atoms with Crippen LogP contribution in [0.2, 0.25) is 5.02 Å². The van der Waals surface area contributed by atoms with Crippen LogP contribution in [0.15, 0.2) is 60.7 Å². The van der Waals surface area contributed by atoms with Gasteiger partial charge in [0.15, 0.2) is 6.61 Å². The summed E-state index contributed by atoms with van der Waals surface area (Å²) in [6.45, 7) is 6.40. The molecule has 0 fully saturated rings. The number of nitrogens with zero attached hydrogens (tertiary/aromatic N) is 3. The molecular formula is C26H25ClN4O2. The van der Waals surface area contributed by atoms with E-state index in [0.717, 1.165) is 64.7 Å². The van der Waals surface area contributed by atoms with Crippen LogP contribution in [0.3, 0.4) is 0 Å². The number of hydrogen-bond donors (Lipinski definition) is 1. The molecule has 0 saturated carbocycles. The quantitative estimate of drug-likeness (QED) is 0.436. The molecule has 2 heterocycles. The third-order valence-electron chi connectivity index (χ3n) is 6.02. The van der Waals surface area contributed by atoms with Crippen molar-refractivity contribution in [1.82, 2.24) is 9.55 Å². The zero-order chi connectivity index (χ0) is 22.9. The van der Waals surface area contributed by atoms with Crippen molar-refractivity contribution < 1.29 is 9.53 Å². The SMILES string of the molecule is Cc1cc(N2CCn3c(nc4cc(Cl)ccc43)C2)ccc1NC(=O)COc1ccccc1C. The summed E-state index contributed by atoms with van der Waals surface area (Å²) in [4.78, 5) is 19.5. The number of rotatable bonds is 5. The monoisotopic (exact) mass is 460 g/mol. The van der Waals surface area contributed by atoms with E-state index >= 15 is 0 Å². The van der Waals surface area contributed by atoms with Crippen molar-refractivity contribution in [2.24, 2.45) is 0 Å². The van der Waals surface area contributed by atoms with Crippen LogP contribution in [-0.2, 0) is 17.9 Å². The molecule has 168 valence electrons. The molecule has 0 radical (unpaired) electrons. The number of benzene rings is 3. The van der Waals surface area contributed by atoms with Crippen LogP contribution in [0.25, 0.3) is 11.0 Å². The summed E-state index contributed by atoms with van der Waals surface area (Å²) in [6.07, 6.45) is 0. The van der Waals surface area contributed by atoms with Gasteiger partial charge >= 0.3 is 0 Å². The predicted octanol–water partition coefficient (Wildman–Crippen LogP) is 5.34. The molecule has 0 atom stereocenters. The minimum absolute atomic E-state index is 0.0294. The molecule has 1 aliphatic heterocycles. The lowest BCUT2D eigenvalue weighted by Crippen LogP contribution is -2.33. The van der Waals surface area contributed by atoms with Gasteiger partial charge in [-0.1, -0.05) is 29.8 Å². The van der Waals surface area contributed by atoms with Gasteiger partial charge < -0.3 is 19.5 Å². The molecule has 0 spiro atoms. The first-order valence-electron chi connectivity index (χ1n) is 11.0. The van der Waals surface area contributed by atoms with Gasteiger partial charge in [-0.25, -0.2) is 4.98 Å². The Morgan fingerprint density at radius 1 is 1.06 bits per heavy atom. The molecule has 6 nitrogen and oxygen atoms in total. The number of para-hydroxylation sites is 1. The van der Waals surface area contributed by atoms with Gasteiger partial charge in [-0.15, -0.1) is 0 Å². The molecule has 1 aliphatic rings. The van der Waals surface area contributed by atoms with E-state index in [4.69, 9.17) is 21.3 Å². The number of ether oxygens (including phenoxy) is 1. The fourth-order valence-corrected chi connectivity index (χ4v) is 4.41. The highest BCUT2D eigenvalue weighted by Crippen LogP contribution is 2.28. The Kier molecular flexibility index (Phi) is 5.68. The number of nitrogens with one attached hydrogen (secondary N) is 1. The molecule has 3 aromatic carbocycles. The van der Waals surface area contributed by atoms with Crippen LogP contribution < -0.4 is 15.0 Å². The fourth-order valence-electron chi connectivity index (χ4n) is 4.25. The number of fused-ring (bicyclic) bond motifs is 3. The standard InChI is InChI=1S/C26H25ClN4O2/c1-17-5-3-4-6-24(17)33-16-26(32)29-21-9-8-20(13-18(21)2)30-11-12-31-23-10-7-19(27)14-22(23)28-25(31)15-30/h3-10,13-14H,11-12,15-16H2,1-2H3,(H,29,32). The Morgan fingerprint density at radius 3 is 2.73 bits per heavy atom. The molecule has 33 heavy (non-hydrogen) atoms. The van der Waals surface area contributed by atoms with Crippen LogP contribution in [0.1, 0.15) is 17.0 Å². The highest BCUT2D eigenvalue weighted by molar-refractivity contribution is 6.31. The molecular weight excluding hydrogens is 436 g/mol. The second-order valence-corrected chi connectivity index (χ2v) is 8.77. The van der Waals surface area contributed by atoms with Gasteiger partial charge in [0.05, 0.1) is 17.6 Å². The number of carbonyl (C=O) groups excluding carboxylic acids is 1. The first-order chi connectivity index (χ1) is 16.0.